The minimum absolute atomic E-state index is 0.0950. The molecule has 258 valence electrons. The molecule has 2 bridgehead atoms. The standard InChI is InChI=1S/C37H37ClN6O6/c1-24(2)50-34-12-7-25(33(45)18-41-14-13-39-23-41)15-32(34)44-35(40-31-6-4-3-5-30(31)37(44)47)19-43-27-16-42(17-28(43)21-48-20-27)36(46)22-49-29-10-8-26(38)9-11-29/h3-15,23-24,27-28H,16-22H2,1-2H3. The van der Waals surface area contributed by atoms with Crippen LogP contribution in [0.1, 0.15) is 30.0 Å². The Kier molecular flexibility index (Phi) is 9.66. The van der Waals surface area contributed by atoms with Crippen LogP contribution in [-0.4, -0.2) is 91.7 Å². The van der Waals surface area contributed by atoms with Gasteiger partial charge in [0, 0.05) is 36.1 Å². The van der Waals surface area contributed by atoms with Gasteiger partial charge < -0.3 is 23.7 Å². The van der Waals surface area contributed by atoms with Crippen LogP contribution >= 0.6 is 11.6 Å². The molecule has 12 nitrogen and oxygen atoms in total. The van der Waals surface area contributed by atoms with Crippen molar-refractivity contribution in [3.8, 4) is 17.2 Å². The highest BCUT2D eigenvalue weighted by Crippen LogP contribution is 2.29. The number of Topliss-reactive ketones (excluding diaryl/α,β-unsaturated/α-hetero) is 1. The third-order valence-electron chi connectivity index (χ3n) is 8.89. The van der Waals surface area contributed by atoms with Gasteiger partial charge in [-0.2, -0.15) is 0 Å². The van der Waals surface area contributed by atoms with Crippen LogP contribution < -0.4 is 15.0 Å². The number of morpholine rings is 1. The molecule has 0 radical (unpaired) electrons. The maximum atomic E-state index is 14.4. The lowest BCUT2D eigenvalue weighted by molar-refractivity contribution is -0.148. The van der Waals surface area contributed by atoms with E-state index in [2.05, 4.69) is 9.88 Å². The van der Waals surface area contributed by atoms with E-state index in [1.807, 2.05) is 30.9 Å². The second kappa shape index (κ2) is 14.4. The van der Waals surface area contributed by atoms with Crippen molar-refractivity contribution in [1.29, 1.82) is 0 Å². The van der Waals surface area contributed by atoms with E-state index < -0.39 is 0 Å². The van der Waals surface area contributed by atoms with Crippen LogP contribution in [0.25, 0.3) is 16.6 Å². The number of carbonyl (C=O) groups excluding carboxylic acids is 2. The van der Waals surface area contributed by atoms with Crippen molar-refractivity contribution in [2.45, 2.75) is 45.1 Å². The molecular formula is C37H37ClN6O6. The van der Waals surface area contributed by atoms with Crippen molar-refractivity contribution in [1.82, 2.24) is 28.9 Å². The van der Waals surface area contributed by atoms with E-state index in [-0.39, 0.29) is 48.6 Å². The van der Waals surface area contributed by atoms with E-state index >= 15 is 0 Å². The largest absolute Gasteiger partial charge is 0.489 e. The van der Waals surface area contributed by atoms with Crippen LogP contribution in [0.3, 0.4) is 0 Å². The first-order chi connectivity index (χ1) is 24.2. The number of imidazole rings is 1. The topological polar surface area (TPSA) is 121 Å². The van der Waals surface area contributed by atoms with Crippen molar-refractivity contribution >= 4 is 34.2 Å². The number of nitrogens with zero attached hydrogens (tertiary/aromatic N) is 6. The number of benzene rings is 3. The van der Waals surface area contributed by atoms with E-state index in [0.29, 0.717) is 77.3 Å². The molecule has 2 aliphatic heterocycles. The van der Waals surface area contributed by atoms with Gasteiger partial charge in [-0.15, -0.1) is 0 Å². The molecule has 2 aromatic heterocycles. The fourth-order valence-corrected chi connectivity index (χ4v) is 6.64. The Bertz CT molecular complexity index is 2050. The second-order valence-electron chi connectivity index (χ2n) is 12.8. The van der Waals surface area contributed by atoms with Gasteiger partial charge in [-0.05, 0) is 68.4 Å². The summed E-state index contributed by atoms with van der Waals surface area (Å²) in [5.41, 5.74) is 1.15. The molecule has 2 unspecified atom stereocenters. The molecule has 2 aliphatic rings. The van der Waals surface area contributed by atoms with Crippen molar-refractivity contribution in [2.75, 3.05) is 32.9 Å². The van der Waals surface area contributed by atoms with Crippen molar-refractivity contribution in [3.63, 3.8) is 0 Å². The van der Waals surface area contributed by atoms with Gasteiger partial charge in [0.2, 0.25) is 0 Å². The average Bonchev–Trinajstić information content (AvgIpc) is 3.61. The van der Waals surface area contributed by atoms with Gasteiger partial charge in [0.05, 0.1) is 67.4 Å². The summed E-state index contributed by atoms with van der Waals surface area (Å²) in [7, 11) is 0. The summed E-state index contributed by atoms with van der Waals surface area (Å²) in [6, 6.07) is 19.0. The summed E-state index contributed by atoms with van der Waals surface area (Å²) in [6.07, 6.45) is 4.74. The quantitative estimate of drug-likeness (QED) is 0.185. The SMILES string of the molecule is CC(C)Oc1ccc(C(=O)Cn2ccnc2)cc1-n1c(CN2C3COCC2CN(C(=O)COc2ccc(Cl)cc2)C3)nc2ccccc2c1=O. The van der Waals surface area contributed by atoms with Crippen LogP contribution in [0.15, 0.2) is 90.2 Å². The number of aromatic nitrogens is 4. The molecular weight excluding hydrogens is 660 g/mol. The lowest BCUT2D eigenvalue weighted by atomic mass is 10.0. The summed E-state index contributed by atoms with van der Waals surface area (Å²) in [5.74, 6) is 1.25. The Balaban J connectivity index is 1.21. The summed E-state index contributed by atoms with van der Waals surface area (Å²) < 4.78 is 21.2. The molecule has 2 atom stereocenters. The van der Waals surface area contributed by atoms with E-state index in [1.54, 1.807) is 82.5 Å². The van der Waals surface area contributed by atoms with E-state index in [1.165, 1.54) is 0 Å². The van der Waals surface area contributed by atoms with E-state index in [0.717, 1.165) is 0 Å². The van der Waals surface area contributed by atoms with Crippen LogP contribution in [0.4, 0.5) is 0 Å². The molecule has 0 N–H and O–H groups in total. The molecule has 4 heterocycles. The molecule has 3 aromatic carbocycles. The van der Waals surface area contributed by atoms with Crippen LogP contribution in [-0.2, 0) is 22.6 Å². The van der Waals surface area contributed by atoms with Gasteiger partial charge >= 0.3 is 0 Å². The average molecular weight is 697 g/mol. The maximum Gasteiger partial charge on any atom is 0.266 e. The van der Waals surface area contributed by atoms with E-state index in [9.17, 15) is 14.4 Å². The lowest BCUT2D eigenvalue weighted by Crippen LogP contribution is -2.65. The summed E-state index contributed by atoms with van der Waals surface area (Å²) in [6.45, 7) is 5.80. The lowest BCUT2D eigenvalue weighted by Gasteiger charge is -2.49. The van der Waals surface area contributed by atoms with Crippen LogP contribution in [0.5, 0.6) is 11.5 Å². The van der Waals surface area contributed by atoms with Crippen molar-refractivity contribution in [2.24, 2.45) is 0 Å². The van der Waals surface area contributed by atoms with E-state index in [4.69, 9.17) is 30.8 Å². The Morgan fingerprint density at radius 3 is 2.50 bits per heavy atom. The minimum Gasteiger partial charge on any atom is -0.489 e. The Morgan fingerprint density at radius 1 is 1.02 bits per heavy atom. The van der Waals surface area contributed by atoms with Gasteiger partial charge in [0.15, 0.2) is 12.4 Å². The highest BCUT2D eigenvalue weighted by Gasteiger charge is 2.40. The molecule has 0 spiro atoms. The molecule has 13 heteroatoms. The molecule has 2 saturated heterocycles. The zero-order valence-corrected chi connectivity index (χ0v) is 28.5. The number of para-hydroxylation sites is 1. The number of hydrogen-bond donors (Lipinski definition) is 0. The van der Waals surface area contributed by atoms with Crippen LogP contribution in [0.2, 0.25) is 5.02 Å². The Labute approximate surface area is 293 Å². The molecule has 0 aliphatic carbocycles. The first-order valence-corrected chi connectivity index (χ1v) is 16.9. The summed E-state index contributed by atoms with van der Waals surface area (Å²) in [4.78, 5) is 54.3. The molecule has 50 heavy (non-hydrogen) atoms. The first-order valence-electron chi connectivity index (χ1n) is 16.5. The monoisotopic (exact) mass is 696 g/mol. The minimum atomic E-state index is -0.270. The smallest absolute Gasteiger partial charge is 0.266 e. The molecule has 0 saturated carbocycles. The number of piperazine rings is 1. The number of ketones is 1. The van der Waals surface area contributed by atoms with Crippen LogP contribution in [0, 0.1) is 0 Å². The van der Waals surface area contributed by atoms with Gasteiger partial charge in [-0.3, -0.25) is 23.9 Å². The normalized spacial score (nSPS) is 17.6. The van der Waals surface area contributed by atoms with Gasteiger partial charge in [0.1, 0.15) is 17.3 Å². The van der Waals surface area contributed by atoms with Gasteiger partial charge in [-0.25, -0.2) is 9.97 Å². The number of halogens is 1. The van der Waals surface area contributed by atoms with Crippen molar-refractivity contribution < 1.29 is 23.8 Å². The van der Waals surface area contributed by atoms with Gasteiger partial charge in [-0.1, -0.05) is 23.7 Å². The second-order valence-corrected chi connectivity index (χ2v) is 13.2. The van der Waals surface area contributed by atoms with Crippen molar-refractivity contribution in [3.05, 3.63) is 112 Å². The zero-order chi connectivity index (χ0) is 34.8. The number of ether oxygens (including phenoxy) is 3. The summed E-state index contributed by atoms with van der Waals surface area (Å²) >= 11 is 5.98. The molecule has 2 fully saturated rings. The summed E-state index contributed by atoms with van der Waals surface area (Å²) in [5, 5.41) is 1.04. The predicted octanol–water partition coefficient (Wildman–Crippen LogP) is 4.40. The fourth-order valence-electron chi connectivity index (χ4n) is 6.51. The molecule has 5 aromatic rings. The highest BCUT2D eigenvalue weighted by molar-refractivity contribution is 6.30. The number of amides is 1. The highest BCUT2D eigenvalue weighted by atomic mass is 35.5. The number of rotatable bonds is 11. The number of fused-ring (bicyclic) bond motifs is 3. The predicted molar refractivity (Wildman–Crippen MR) is 187 cm³/mol. The van der Waals surface area contributed by atoms with Gasteiger partial charge in [0.25, 0.3) is 11.5 Å². The fraction of sp³-hybridized carbons (Fsp3) is 0.324. The first kappa shape index (κ1) is 33.5. The molecule has 1 amide bonds. The Hall–Kier alpha value is -5.04. The third-order valence-corrected chi connectivity index (χ3v) is 9.14. The zero-order valence-electron chi connectivity index (χ0n) is 27.8. The Morgan fingerprint density at radius 2 is 1.78 bits per heavy atom. The third kappa shape index (κ3) is 7.14. The maximum absolute atomic E-state index is 14.4. The number of carbonyl (C=O) groups is 2. The number of hydrogen-bond acceptors (Lipinski definition) is 9. The molecule has 7 rings (SSSR count).